The fourth-order valence-electron chi connectivity index (χ4n) is 1.82. The fourth-order valence-corrected chi connectivity index (χ4v) is 2.78. The van der Waals surface area contributed by atoms with Gasteiger partial charge in [-0.25, -0.2) is 4.52 Å². The van der Waals surface area contributed by atoms with E-state index in [1.54, 1.807) is 22.8 Å². The number of nitrogens with zero attached hydrogens (tertiary/aromatic N) is 2. The molecule has 0 fully saturated rings. The summed E-state index contributed by atoms with van der Waals surface area (Å²) in [5.41, 5.74) is 1.98. The van der Waals surface area contributed by atoms with Gasteiger partial charge in [-0.3, -0.25) is 4.79 Å². The molecule has 96 valence electrons. The van der Waals surface area contributed by atoms with Gasteiger partial charge in [0.2, 0.25) is 0 Å². The molecule has 0 saturated heterocycles. The SMILES string of the molecule is O=C(NCc1cnn2ccccc12)c1ccc(Cl)s1. The minimum Gasteiger partial charge on any atom is -0.347 e. The summed E-state index contributed by atoms with van der Waals surface area (Å²) in [6.07, 6.45) is 3.64. The Bertz CT molecular complexity index is 734. The Hall–Kier alpha value is -1.85. The molecule has 3 aromatic heterocycles. The summed E-state index contributed by atoms with van der Waals surface area (Å²) in [5, 5.41) is 7.09. The normalized spacial score (nSPS) is 10.8. The molecule has 3 rings (SSSR count). The van der Waals surface area contributed by atoms with E-state index < -0.39 is 0 Å². The zero-order valence-corrected chi connectivity index (χ0v) is 11.4. The van der Waals surface area contributed by atoms with E-state index in [1.165, 1.54) is 11.3 Å². The van der Waals surface area contributed by atoms with Crippen LogP contribution in [0.2, 0.25) is 4.34 Å². The monoisotopic (exact) mass is 291 g/mol. The topological polar surface area (TPSA) is 46.4 Å². The molecule has 19 heavy (non-hydrogen) atoms. The number of carbonyl (C=O) groups is 1. The summed E-state index contributed by atoms with van der Waals surface area (Å²) in [6, 6.07) is 9.27. The number of hydrogen-bond donors (Lipinski definition) is 1. The quantitative estimate of drug-likeness (QED) is 0.806. The molecule has 0 atom stereocenters. The summed E-state index contributed by atoms with van der Waals surface area (Å²) in [4.78, 5) is 12.5. The molecule has 0 aliphatic heterocycles. The minimum absolute atomic E-state index is 0.118. The van der Waals surface area contributed by atoms with Crippen molar-refractivity contribution in [3.8, 4) is 0 Å². The third-order valence-corrected chi connectivity index (χ3v) is 3.97. The number of pyridine rings is 1. The van der Waals surface area contributed by atoms with E-state index in [4.69, 9.17) is 11.6 Å². The van der Waals surface area contributed by atoms with E-state index in [9.17, 15) is 4.79 Å². The summed E-state index contributed by atoms with van der Waals surface area (Å²) in [7, 11) is 0. The Morgan fingerprint density at radius 2 is 2.26 bits per heavy atom. The van der Waals surface area contributed by atoms with Gasteiger partial charge in [0.15, 0.2) is 0 Å². The molecular weight excluding hydrogens is 282 g/mol. The van der Waals surface area contributed by atoms with Crippen LogP contribution >= 0.6 is 22.9 Å². The van der Waals surface area contributed by atoms with E-state index >= 15 is 0 Å². The van der Waals surface area contributed by atoms with Crippen LogP contribution in [0.4, 0.5) is 0 Å². The van der Waals surface area contributed by atoms with Crippen LogP contribution in [0.1, 0.15) is 15.2 Å². The van der Waals surface area contributed by atoms with Crippen molar-refractivity contribution < 1.29 is 4.79 Å². The standard InChI is InChI=1S/C13H10ClN3OS/c14-12-5-4-11(19-12)13(18)15-7-9-8-16-17-6-2-1-3-10(9)17/h1-6,8H,7H2,(H,15,18). The predicted octanol–water partition coefficient (Wildman–Crippen LogP) is 2.98. The van der Waals surface area contributed by atoms with Crippen molar-refractivity contribution in [1.82, 2.24) is 14.9 Å². The number of thiophene rings is 1. The van der Waals surface area contributed by atoms with E-state index in [0.717, 1.165) is 11.1 Å². The maximum absolute atomic E-state index is 11.9. The Morgan fingerprint density at radius 1 is 1.37 bits per heavy atom. The Balaban J connectivity index is 1.74. The molecule has 0 aliphatic rings. The average Bonchev–Trinajstić information content (AvgIpc) is 3.02. The van der Waals surface area contributed by atoms with Gasteiger partial charge in [0.1, 0.15) is 0 Å². The van der Waals surface area contributed by atoms with Gasteiger partial charge < -0.3 is 5.32 Å². The molecule has 3 aromatic rings. The van der Waals surface area contributed by atoms with E-state index in [-0.39, 0.29) is 5.91 Å². The molecule has 3 heterocycles. The second-order valence-corrected chi connectivity index (χ2v) is 5.70. The molecule has 1 N–H and O–H groups in total. The van der Waals surface area contributed by atoms with Crippen molar-refractivity contribution in [1.29, 1.82) is 0 Å². The molecule has 4 nitrogen and oxygen atoms in total. The third-order valence-electron chi connectivity index (χ3n) is 2.74. The summed E-state index contributed by atoms with van der Waals surface area (Å²) < 4.78 is 2.39. The number of amides is 1. The van der Waals surface area contributed by atoms with Crippen molar-refractivity contribution in [2.45, 2.75) is 6.54 Å². The lowest BCUT2D eigenvalue weighted by atomic mass is 10.2. The summed E-state index contributed by atoms with van der Waals surface area (Å²) in [6.45, 7) is 0.446. The fraction of sp³-hybridized carbons (Fsp3) is 0.0769. The first-order valence-corrected chi connectivity index (χ1v) is 6.88. The van der Waals surface area contributed by atoms with Gasteiger partial charge in [-0.15, -0.1) is 11.3 Å². The number of hydrogen-bond acceptors (Lipinski definition) is 3. The average molecular weight is 292 g/mol. The summed E-state index contributed by atoms with van der Waals surface area (Å²) >= 11 is 7.08. The summed E-state index contributed by atoms with van der Waals surface area (Å²) in [5.74, 6) is -0.118. The highest BCUT2D eigenvalue weighted by Crippen LogP contribution is 2.21. The van der Waals surface area contributed by atoms with Gasteiger partial charge in [0.05, 0.1) is 20.9 Å². The number of aromatic nitrogens is 2. The Kier molecular flexibility index (Phi) is 3.23. The number of nitrogens with one attached hydrogen (secondary N) is 1. The molecular formula is C13H10ClN3OS. The van der Waals surface area contributed by atoms with Gasteiger partial charge in [-0.1, -0.05) is 17.7 Å². The van der Waals surface area contributed by atoms with Crippen LogP contribution in [0, 0.1) is 0 Å². The number of rotatable bonds is 3. The van der Waals surface area contributed by atoms with Gasteiger partial charge in [-0.05, 0) is 24.3 Å². The molecule has 0 aliphatic carbocycles. The lowest BCUT2D eigenvalue weighted by molar-refractivity contribution is 0.0955. The first kappa shape index (κ1) is 12.2. The van der Waals surface area contributed by atoms with Crippen LogP contribution in [-0.4, -0.2) is 15.5 Å². The lowest BCUT2D eigenvalue weighted by Crippen LogP contribution is -2.21. The van der Waals surface area contributed by atoms with Crippen molar-refractivity contribution in [3.05, 3.63) is 57.5 Å². The molecule has 0 unspecified atom stereocenters. The zero-order valence-electron chi connectivity index (χ0n) is 9.84. The van der Waals surface area contributed by atoms with Gasteiger partial charge in [0.25, 0.3) is 5.91 Å². The van der Waals surface area contributed by atoms with Crippen molar-refractivity contribution in [3.63, 3.8) is 0 Å². The van der Waals surface area contributed by atoms with Gasteiger partial charge >= 0.3 is 0 Å². The van der Waals surface area contributed by atoms with Gasteiger partial charge in [0, 0.05) is 18.3 Å². The first-order valence-electron chi connectivity index (χ1n) is 5.69. The molecule has 0 radical (unpaired) electrons. The Labute approximate surface area is 118 Å². The largest absolute Gasteiger partial charge is 0.347 e. The second-order valence-electron chi connectivity index (χ2n) is 3.99. The smallest absolute Gasteiger partial charge is 0.261 e. The third kappa shape index (κ3) is 2.47. The van der Waals surface area contributed by atoms with Crippen molar-refractivity contribution >= 4 is 34.4 Å². The maximum atomic E-state index is 11.9. The van der Waals surface area contributed by atoms with Crippen LogP contribution in [-0.2, 0) is 6.54 Å². The zero-order chi connectivity index (χ0) is 13.2. The van der Waals surface area contributed by atoms with Crippen LogP contribution in [0.25, 0.3) is 5.52 Å². The Morgan fingerprint density at radius 3 is 3.05 bits per heavy atom. The highest BCUT2D eigenvalue weighted by Gasteiger charge is 2.09. The van der Waals surface area contributed by atoms with Crippen LogP contribution in [0.3, 0.4) is 0 Å². The molecule has 0 saturated carbocycles. The molecule has 0 spiro atoms. The molecule has 6 heteroatoms. The van der Waals surface area contributed by atoms with E-state index in [0.29, 0.717) is 15.8 Å². The van der Waals surface area contributed by atoms with Gasteiger partial charge in [-0.2, -0.15) is 5.10 Å². The second kappa shape index (κ2) is 5.03. The van der Waals surface area contributed by atoms with E-state index in [1.807, 2.05) is 24.4 Å². The van der Waals surface area contributed by atoms with E-state index in [2.05, 4.69) is 10.4 Å². The minimum atomic E-state index is -0.118. The lowest BCUT2D eigenvalue weighted by Gasteiger charge is -2.02. The van der Waals surface area contributed by atoms with Crippen molar-refractivity contribution in [2.75, 3.05) is 0 Å². The molecule has 0 aromatic carbocycles. The number of carbonyl (C=O) groups excluding carboxylic acids is 1. The number of halogens is 1. The van der Waals surface area contributed by atoms with Crippen LogP contribution < -0.4 is 5.32 Å². The highest BCUT2D eigenvalue weighted by atomic mass is 35.5. The van der Waals surface area contributed by atoms with Crippen molar-refractivity contribution in [2.24, 2.45) is 0 Å². The maximum Gasteiger partial charge on any atom is 0.261 e. The molecule has 0 bridgehead atoms. The number of fused-ring (bicyclic) bond motifs is 1. The highest BCUT2D eigenvalue weighted by molar-refractivity contribution is 7.17. The van der Waals surface area contributed by atoms with Crippen LogP contribution in [0.15, 0.2) is 42.7 Å². The molecule has 1 amide bonds. The first-order chi connectivity index (χ1) is 9.24. The predicted molar refractivity (Wildman–Crippen MR) is 75.7 cm³/mol. The van der Waals surface area contributed by atoms with Crippen LogP contribution in [0.5, 0.6) is 0 Å².